The second-order valence-electron chi connectivity index (χ2n) is 6.14. The van der Waals surface area contributed by atoms with Crippen molar-refractivity contribution in [3.05, 3.63) is 81.8 Å². The van der Waals surface area contributed by atoms with E-state index >= 15 is 0 Å². The van der Waals surface area contributed by atoms with E-state index in [1.807, 2.05) is 0 Å². The molecule has 3 rings (SSSR count). The van der Waals surface area contributed by atoms with Crippen molar-refractivity contribution in [3.63, 3.8) is 0 Å². The van der Waals surface area contributed by atoms with Crippen LogP contribution >= 0.6 is 34.8 Å². The first-order valence-electron chi connectivity index (χ1n) is 7.93. The second kappa shape index (κ2) is 7.89. The SMILES string of the molecule is CC(O)(CC(Oc1ccc(Cl)c(Cl)c1)n1ccnc1)c1ccc(Cl)cc1. The number of hydrogen-bond donors (Lipinski definition) is 1. The first-order valence-corrected chi connectivity index (χ1v) is 9.06. The van der Waals surface area contributed by atoms with E-state index < -0.39 is 11.8 Å². The molecule has 0 spiro atoms. The number of ether oxygens (including phenoxy) is 1. The number of rotatable bonds is 6. The zero-order valence-corrected chi connectivity index (χ0v) is 16.2. The second-order valence-corrected chi connectivity index (χ2v) is 7.39. The lowest BCUT2D eigenvalue weighted by Gasteiger charge is -2.30. The summed E-state index contributed by atoms with van der Waals surface area (Å²) in [4.78, 5) is 4.07. The van der Waals surface area contributed by atoms with Gasteiger partial charge in [0.2, 0.25) is 0 Å². The molecular weight excluding hydrogens is 395 g/mol. The number of halogens is 3. The third kappa shape index (κ3) is 4.51. The minimum absolute atomic E-state index is 0.283. The van der Waals surface area contributed by atoms with Crippen molar-refractivity contribution in [2.75, 3.05) is 0 Å². The van der Waals surface area contributed by atoms with Crippen LogP contribution < -0.4 is 4.74 Å². The first-order chi connectivity index (χ1) is 12.3. The molecule has 2 atom stereocenters. The fourth-order valence-electron chi connectivity index (χ4n) is 2.62. The lowest BCUT2D eigenvalue weighted by Crippen LogP contribution is -2.29. The summed E-state index contributed by atoms with van der Waals surface area (Å²) < 4.78 is 7.85. The van der Waals surface area contributed by atoms with Crippen molar-refractivity contribution in [1.82, 2.24) is 9.55 Å². The smallest absolute Gasteiger partial charge is 0.179 e. The van der Waals surface area contributed by atoms with Crippen molar-refractivity contribution in [2.45, 2.75) is 25.2 Å². The minimum Gasteiger partial charge on any atom is -0.470 e. The molecule has 0 aliphatic rings. The number of benzene rings is 2. The van der Waals surface area contributed by atoms with Crippen LogP contribution in [0, 0.1) is 0 Å². The Balaban J connectivity index is 1.86. The van der Waals surface area contributed by atoms with E-state index in [4.69, 9.17) is 39.5 Å². The van der Waals surface area contributed by atoms with Crippen LogP contribution in [0.25, 0.3) is 0 Å². The van der Waals surface area contributed by atoms with Gasteiger partial charge in [-0.25, -0.2) is 4.98 Å². The van der Waals surface area contributed by atoms with Gasteiger partial charge in [-0.2, -0.15) is 0 Å². The lowest BCUT2D eigenvalue weighted by molar-refractivity contribution is -0.0157. The summed E-state index contributed by atoms with van der Waals surface area (Å²) in [6, 6.07) is 12.1. The molecule has 0 saturated heterocycles. The summed E-state index contributed by atoms with van der Waals surface area (Å²) in [5.74, 6) is 0.546. The molecule has 7 heteroatoms. The monoisotopic (exact) mass is 410 g/mol. The van der Waals surface area contributed by atoms with Gasteiger partial charge in [-0.3, -0.25) is 0 Å². The molecule has 0 aliphatic carbocycles. The van der Waals surface area contributed by atoms with E-state index in [1.54, 1.807) is 72.7 Å². The van der Waals surface area contributed by atoms with Gasteiger partial charge in [0.25, 0.3) is 0 Å². The summed E-state index contributed by atoms with van der Waals surface area (Å²) in [5, 5.41) is 12.5. The fraction of sp³-hybridized carbons (Fsp3) is 0.211. The average Bonchev–Trinajstić information content (AvgIpc) is 3.12. The van der Waals surface area contributed by atoms with E-state index in [0.717, 1.165) is 5.56 Å². The normalized spacial score (nSPS) is 14.7. The Kier molecular flexibility index (Phi) is 5.78. The molecule has 1 heterocycles. The molecule has 0 aliphatic heterocycles. The van der Waals surface area contributed by atoms with E-state index in [9.17, 15) is 5.11 Å². The van der Waals surface area contributed by atoms with Crippen molar-refractivity contribution >= 4 is 34.8 Å². The van der Waals surface area contributed by atoms with Crippen LogP contribution in [0.3, 0.4) is 0 Å². The largest absolute Gasteiger partial charge is 0.470 e. The molecule has 26 heavy (non-hydrogen) atoms. The molecule has 0 bridgehead atoms. The van der Waals surface area contributed by atoms with Crippen LogP contribution in [-0.2, 0) is 5.60 Å². The highest BCUT2D eigenvalue weighted by Crippen LogP contribution is 2.34. The van der Waals surface area contributed by atoms with Crippen molar-refractivity contribution in [3.8, 4) is 5.75 Å². The zero-order chi connectivity index (χ0) is 18.7. The van der Waals surface area contributed by atoms with Crippen LogP contribution in [0.1, 0.15) is 25.1 Å². The standard InChI is InChI=1S/C19H17Cl3N2O2/c1-19(25,13-2-4-14(20)5-3-13)11-18(24-9-8-23-12-24)26-15-6-7-16(21)17(22)10-15/h2-10,12,18,25H,11H2,1H3. The van der Waals surface area contributed by atoms with Crippen LogP contribution in [0.5, 0.6) is 5.75 Å². The Hall–Kier alpha value is -1.72. The van der Waals surface area contributed by atoms with Gasteiger partial charge < -0.3 is 14.4 Å². The van der Waals surface area contributed by atoms with Crippen molar-refractivity contribution < 1.29 is 9.84 Å². The summed E-state index contributed by atoms with van der Waals surface area (Å²) >= 11 is 18.0. The predicted octanol–water partition coefficient (Wildman–Crippen LogP) is 5.72. The average molecular weight is 412 g/mol. The maximum atomic E-state index is 11.0. The molecule has 1 N–H and O–H groups in total. The van der Waals surface area contributed by atoms with Gasteiger partial charge in [0.15, 0.2) is 6.23 Å². The van der Waals surface area contributed by atoms with E-state index in [0.29, 0.717) is 20.8 Å². The summed E-state index contributed by atoms with van der Waals surface area (Å²) in [6.07, 6.45) is 4.86. The van der Waals surface area contributed by atoms with Crippen molar-refractivity contribution in [2.24, 2.45) is 0 Å². The number of aromatic nitrogens is 2. The maximum absolute atomic E-state index is 11.0. The summed E-state index contributed by atoms with van der Waals surface area (Å²) in [7, 11) is 0. The number of hydrogen-bond acceptors (Lipinski definition) is 3. The molecule has 136 valence electrons. The molecule has 2 unspecified atom stereocenters. The Morgan fingerprint density at radius 2 is 1.85 bits per heavy atom. The Labute approximate surface area is 166 Å². The van der Waals surface area contributed by atoms with E-state index in [-0.39, 0.29) is 6.42 Å². The molecule has 0 saturated carbocycles. The molecule has 0 radical (unpaired) electrons. The topological polar surface area (TPSA) is 47.3 Å². The Morgan fingerprint density at radius 3 is 2.46 bits per heavy atom. The number of nitrogens with zero attached hydrogens (tertiary/aromatic N) is 2. The third-order valence-electron chi connectivity index (χ3n) is 4.06. The van der Waals surface area contributed by atoms with Gasteiger partial charge in [0, 0.05) is 29.9 Å². The van der Waals surface area contributed by atoms with Gasteiger partial charge in [-0.05, 0) is 36.8 Å². The predicted molar refractivity (Wildman–Crippen MR) is 104 cm³/mol. The molecule has 0 amide bonds. The van der Waals surface area contributed by atoms with Gasteiger partial charge in [-0.15, -0.1) is 0 Å². The fourth-order valence-corrected chi connectivity index (χ4v) is 3.04. The maximum Gasteiger partial charge on any atom is 0.179 e. The van der Waals surface area contributed by atoms with E-state index in [1.165, 1.54) is 0 Å². The summed E-state index contributed by atoms with van der Waals surface area (Å²) in [5.41, 5.74) is -0.403. The van der Waals surface area contributed by atoms with Crippen LogP contribution in [0.2, 0.25) is 15.1 Å². The van der Waals surface area contributed by atoms with Gasteiger partial charge >= 0.3 is 0 Å². The lowest BCUT2D eigenvalue weighted by atomic mass is 9.91. The molecule has 0 fully saturated rings. The highest BCUT2D eigenvalue weighted by Gasteiger charge is 2.29. The molecule has 4 nitrogen and oxygen atoms in total. The molecule has 1 aromatic heterocycles. The van der Waals surface area contributed by atoms with Gasteiger partial charge in [0.05, 0.1) is 22.0 Å². The number of aliphatic hydroxyl groups is 1. The first kappa shape index (κ1) is 19.1. The van der Waals surface area contributed by atoms with Crippen LogP contribution in [0.4, 0.5) is 0 Å². The Morgan fingerprint density at radius 1 is 1.12 bits per heavy atom. The van der Waals surface area contributed by atoms with Crippen LogP contribution in [-0.4, -0.2) is 14.7 Å². The highest BCUT2D eigenvalue weighted by atomic mass is 35.5. The zero-order valence-electron chi connectivity index (χ0n) is 13.9. The van der Waals surface area contributed by atoms with Crippen LogP contribution in [0.15, 0.2) is 61.2 Å². The summed E-state index contributed by atoms with van der Waals surface area (Å²) in [6.45, 7) is 1.73. The number of imidazole rings is 1. The van der Waals surface area contributed by atoms with Crippen molar-refractivity contribution in [1.29, 1.82) is 0 Å². The minimum atomic E-state index is -1.14. The highest BCUT2D eigenvalue weighted by molar-refractivity contribution is 6.42. The van der Waals surface area contributed by atoms with E-state index in [2.05, 4.69) is 4.98 Å². The molecular formula is C19H17Cl3N2O2. The quantitative estimate of drug-likeness (QED) is 0.564. The molecule has 2 aromatic carbocycles. The van der Waals surface area contributed by atoms with Gasteiger partial charge in [-0.1, -0.05) is 46.9 Å². The third-order valence-corrected chi connectivity index (χ3v) is 5.05. The van der Waals surface area contributed by atoms with Gasteiger partial charge in [0.1, 0.15) is 5.75 Å². The Bertz CT molecular complexity index is 865. The molecule has 3 aromatic rings.